The minimum absolute atomic E-state index is 0.344. The molecule has 0 radical (unpaired) electrons. The molecule has 3 nitrogen and oxygen atoms in total. The highest BCUT2D eigenvalue weighted by Crippen LogP contribution is 2.14. The predicted molar refractivity (Wildman–Crippen MR) is 54.8 cm³/mol. The largest absolute Gasteiger partial charge is 0.314 e. The maximum atomic E-state index is 8.77. The lowest BCUT2D eigenvalue weighted by molar-refractivity contribution is 0.430. The molecule has 2 rings (SSSR count). The van der Waals surface area contributed by atoms with Gasteiger partial charge in [0.05, 0.1) is 11.6 Å². The van der Waals surface area contributed by atoms with Gasteiger partial charge in [-0.05, 0) is 17.7 Å². The van der Waals surface area contributed by atoms with Crippen LogP contribution in [0.3, 0.4) is 0 Å². The lowest BCUT2D eigenvalue weighted by atomic mass is 10.0. The van der Waals surface area contributed by atoms with E-state index in [9.17, 15) is 0 Å². The third kappa shape index (κ3) is 1.92. The SMILES string of the molecule is N#Cc1cccc([C@H]2CNCCN2)c1. The number of hydrogen-bond donors (Lipinski definition) is 2. The van der Waals surface area contributed by atoms with Gasteiger partial charge in [-0.1, -0.05) is 12.1 Å². The molecule has 0 amide bonds. The number of nitriles is 1. The Balaban J connectivity index is 2.18. The van der Waals surface area contributed by atoms with Gasteiger partial charge in [0.15, 0.2) is 0 Å². The maximum absolute atomic E-state index is 8.77. The molecular formula is C11H13N3. The van der Waals surface area contributed by atoms with Crippen molar-refractivity contribution in [1.29, 1.82) is 5.26 Å². The first-order valence-electron chi connectivity index (χ1n) is 4.84. The van der Waals surface area contributed by atoms with E-state index < -0.39 is 0 Å². The molecule has 0 saturated carbocycles. The highest BCUT2D eigenvalue weighted by atomic mass is 15.1. The molecule has 0 aromatic heterocycles. The van der Waals surface area contributed by atoms with E-state index in [0.717, 1.165) is 25.2 Å². The Morgan fingerprint density at radius 3 is 3.00 bits per heavy atom. The van der Waals surface area contributed by atoms with E-state index in [4.69, 9.17) is 5.26 Å². The van der Waals surface area contributed by atoms with Crippen molar-refractivity contribution < 1.29 is 0 Å². The first-order chi connectivity index (χ1) is 6.90. The summed E-state index contributed by atoms with van der Waals surface area (Å²) in [6.45, 7) is 2.95. The maximum Gasteiger partial charge on any atom is 0.0991 e. The Kier molecular flexibility index (Phi) is 2.78. The monoisotopic (exact) mass is 187 g/mol. The van der Waals surface area contributed by atoms with Gasteiger partial charge >= 0.3 is 0 Å². The standard InChI is InChI=1S/C11H13N3/c12-7-9-2-1-3-10(6-9)11-8-13-4-5-14-11/h1-3,6,11,13-14H,4-5,8H2/t11-/m1/s1. The zero-order valence-corrected chi connectivity index (χ0v) is 7.96. The molecular weight excluding hydrogens is 174 g/mol. The first kappa shape index (κ1) is 9.20. The van der Waals surface area contributed by atoms with Crippen molar-refractivity contribution in [1.82, 2.24) is 10.6 Å². The van der Waals surface area contributed by atoms with Crippen molar-refractivity contribution in [2.24, 2.45) is 0 Å². The van der Waals surface area contributed by atoms with Crippen molar-refractivity contribution in [3.63, 3.8) is 0 Å². The van der Waals surface area contributed by atoms with Crippen LogP contribution in [0.2, 0.25) is 0 Å². The smallest absolute Gasteiger partial charge is 0.0991 e. The molecule has 0 bridgehead atoms. The minimum Gasteiger partial charge on any atom is -0.314 e. The van der Waals surface area contributed by atoms with Crippen LogP contribution in [-0.4, -0.2) is 19.6 Å². The van der Waals surface area contributed by atoms with Crippen molar-refractivity contribution in [3.05, 3.63) is 35.4 Å². The molecule has 2 N–H and O–H groups in total. The number of rotatable bonds is 1. The van der Waals surface area contributed by atoms with Gasteiger partial charge in [0.2, 0.25) is 0 Å². The molecule has 1 fully saturated rings. The zero-order chi connectivity index (χ0) is 9.80. The molecule has 3 heteroatoms. The van der Waals surface area contributed by atoms with Gasteiger partial charge in [-0.15, -0.1) is 0 Å². The summed E-state index contributed by atoms with van der Waals surface area (Å²) >= 11 is 0. The highest BCUT2D eigenvalue weighted by Gasteiger charge is 2.13. The van der Waals surface area contributed by atoms with Crippen LogP contribution in [0.15, 0.2) is 24.3 Å². The molecule has 14 heavy (non-hydrogen) atoms. The van der Waals surface area contributed by atoms with E-state index in [1.54, 1.807) is 0 Å². The summed E-state index contributed by atoms with van der Waals surface area (Å²) in [6.07, 6.45) is 0. The van der Waals surface area contributed by atoms with Gasteiger partial charge in [-0.3, -0.25) is 0 Å². The van der Waals surface area contributed by atoms with E-state index in [-0.39, 0.29) is 0 Å². The molecule has 0 aliphatic carbocycles. The van der Waals surface area contributed by atoms with E-state index in [1.165, 1.54) is 5.56 Å². The van der Waals surface area contributed by atoms with Crippen molar-refractivity contribution in [2.75, 3.05) is 19.6 Å². The summed E-state index contributed by atoms with van der Waals surface area (Å²) in [5.41, 5.74) is 1.92. The van der Waals surface area contributed by atoms with Crippen LogP contribution in [-0.2, 0) is 0 Å². The fourth-order valence-corrected chi connectivity index (χ4v) is 1.71. The molecule has 0 unspecified atom stereocenters. The molecule has 1 saturated heterocycles. The van der Waals surface area contributed by atoms with Crippen LogP contribution in [0.5, 0.6) is 0 Å². The molecule has 1 aromatic carbocycles. The topological polar surface area (TPSA) is 47.9 Å². The molecule has 0 spiro atoms. The molecule has 1 aliphatic heterocycles. The van der Waals surface area contributed by atoms with Crippen LogP contribution in [0, 0.1) is 11.3 Å². The van der Waals surface area contributed by atoms with Gasteiger partial charge in [0.1, 0.15) is 0 Å². The van der Waals surface area contributed by atoms with Gasteiger partial charge < -0.3 is 10.6 Å². The summed E-state index contributed by atoms with van der Waals surface area (Å²) in [6, 6.07) is 10.3. The minimum atomic E-state index is 0.344. The second-order valence-electron chi connectivity index (χ2n) is 3.45. The van der Waals surface area contributed by atoms with Gasteiger partial charge in [0, 0.05) is 25.7 Å². The van der Waals surface area contributed by atoms with E-state index in [1.807, 2.05) is 18.2 Å². The van der Waals surface area contributed by atoms with E-state index in [2.05, 4.69) is 22.8 Å². The normalized spacial score (nSPS) is 21.5. The first-order valence-corrected chi connectivity index (χ1v) is 4.84. The third-order valence-corrected chi connectivity index (χ3v) is 2.46. The number of nitrogens with one attached hydrogen (secondary N) is 2. The van der Waals surface area contributed by atoms with Crippen molar-refractivity contribution in [2.45, 2.75) is 6.04 Å². The fourth-order valence-electron chi connectivity index (χ4n) is 1.71. The Morgan fingerprint density at radius 2 is 2.29 bits per heavy atom. The number of benzene rings is 1. The Bertz CT molecular complexity index is 348. The lowest BCUT2D eigenvalue weighted by Crippen LogP contribution is -2.42. The second kappa shape index (κ2) is 4.23. The van der Waals surface area contributed by atoms with Gasteiger partial charge in [-0.2, -0.15) is 5.26 Å². The Morgan fingerprint density at radius 1 is 1.36 bits per heavy atom. The number of nitrogens with zero attached hydrogens (tertiary/aromatic N) is 1. The van der Waals surface area contributed by atoms with Gasteiger partial charge in [-0.25, -0.2) is 0 Å². The van der Waals surface area contributed by atoms with Crippen LogP contribution in [0.4, 0.5) is 0 Å². The molecule has 1 aliphatic rings. The summed E-state index contributed by atoms with van der Waals surface area (Å²) in [5.74, 6) is 0. The van der Waals surface area contributed by atoms with Crippen LogP contribution in [0.1, 0.15) is 17.2 Å². The Labute approximate surface area is 83.7 Å². The van der Waals surface area contributed by atoms with E-state index >= 15 is 0 Å². The van der Waals surface area contributed by atoms with Crippen LogP contribution in [0.25, 0.3) is 0 Å². The molecule has 1 heterocycles. The fraction of sp³-hybridized carbons (Fsp3) is 0.364. The van der Waals surface area contributed by atoms with Crippen LogP contribution >= 0.6 is 0 Å². The van der Waals surface area contributed by atoms with E-state index in [0.29, 0.717) is 6.04 Å². The summed E-state index contributed by atoms with van der Waals surface area (Å²) in [5, 5.41) is 15.5. The van der Waals surface area contributed by atoms with Crippen molar-refractivity contribution >= 4 is 0 Å². The number of piperazine rings is 1. The molecule has 72 valence electrons. The number of hydrogen-bond acceptors (Lipinski definition) is 3. The Hall–Kier alpha value is -1.37. The quantitative estimate of drug-likeness (QED) is 0.683. The van der Waals surface area contributed by atoms with Crippen molar-refractivity contribution in [3.8, 4) is 6.07 Å². The third-order valence-electron chi connectivity index (χ3n) is 2.46. The molecule has 1 aromatic rings. The second-order valence-corrected chi connectivity index (χ2v) is 3.45. The highest BCUT2D eigenvalue weighted by molar-refractivity contribution is 5.34. The summed E-state index contributed by atoms with van der Waals surface area (Å²) in [4.78, 5) is 0. The van der Waals surface area contributed by atoms with Crippen LogP contribution < -0.4 is 10.6 Å². The average Bonchev–Trinajstić information content (AvgIpc) is 2.30. The predicted octanol–water partition coefficient (Wildman–Crippen LogP) is 0.792. The lowest BCUT2D eigenvalue weighted by Gasteiger charge is -2.24. The molecule has 1 atom stereocenters. The average molecular weight is 187 g/mol. The summed E-state index contributed by atoms with van der Waals surface area (Å²) < 4.78 is 0. The zero-order valence-electron chi connectivity index (χ0n) is 7.96. The summed E-state index contributed by atoms with van der Waals surface area (Å²) in [7, 11) is 0. The van der Waals surface area contributed by atoms with Gasteiger partial charge in [0.25, 0.3) is 0 Å².